The number of carbonyl (C=O) groups is 1. The Morgan fingerprint density at radius 3 is 2.85 bits per heavy atom. The minimum absolute atomic E-state index is 0.124. The van der Waals surface area contributed by atoms with Gasteiger partial charge in [-0.25, -0.2) is 0 Å². The molecule has 1 aliphatic rings. The second-order valence-corrected chi connectivity index (χ2v) is 7.68. The van der Waals surface area contributed by atoms with Gasteiger partial charge >= 0.3 is 0 Å². The fourth-order valence-electron chi connectivity index (χ4n) is 3.77. The number of piperidine rings is 1. The molecule has 3 heterocycles. The molecule has 0 spiro atoms. The van der Waals surface area contributed by atoms with Gasteiger partial charge in [-0.1, -0.05) is 11.3 Å². The molecule has 3 aromatic rings. The lowest BCUT2D eigenvalue weighted by molar-refractivity contribution is 0.0681. The Morgan fingerprint density at radius 2 is 2.07 bits per heavy atom. The average molecular weight is 366 g/mol. The van der Waals surface area contributed by atoms with Crippen LogP contribution in [0.1, 0.15) is 28.9 Å². The molecule has 0 aliphatic carbocycles. The van der Waals surface area contributed by atoms with Crippen molar-refractivity contribution in [3.8, 4) is 0 Å². The first kappa shape index (κ1) is 17.7. The molecule has 1 saturated heterocycles. The van der Waals surface area contributed by atoms with E-state index in [2.05, 4.69) is 20.2 Å². The van der Waals surface area contributed by atoms with E-state index in [1.165, 1.54) is 0 Å². The number of hydrogen-bond donors (Lipinski definition) is 1. The minimum Gasteiger partial charge on any atom is -0.361 e. The molecule has 7 heteroatoms. The van der Waals surface area contributed by atoms with Crippen LogP contribution in [0.25, 0.3) is 10.9 Å². The van der Waals surface area contributed by atoms with Crippen LogP contribution in [0, 0.1) is 5.92 Å². The summed E-state index contributed by atoms with van der Waals surface area (Å²) in [5.41, 5.74) is 2.76. The molecule has 4 rings (SSSR count). The lowest BCUT2D eigenvalue weighted by Gasteiger charge is -2.32. The van der Waals surface area contributed by atoms with Crippen LogP contribution in [-0.4, -0.2) is 62.9 Å². The number of fused-ring (bicyclic) bond motifs is 1. The Kier molecular flexibility index (Phi) is 4.94. The van der Waals surface area contributed by atoms with E-state index in [9.17, 15) is 4.79 Å². The van der Waals surface area contributed by atoms with E-state index >= 15 is 0 Å². The molecule has 1 aromatic carbocycles. The third-order valence-electron chi connectivity index (χ3n) is 5.21. The summed E-state index contributed by atoms with van der Waals surface area (Å²) in [5.74, 6) is 0.660. The van der Waals surface area contributed by atoms with Gasteiger partial charge in [0.1, 0.15) is 0 Å². The van der Waals surface area contributed by atoms with Crippen molar-refractivity contribution >= 4 is 16.8 Å². The van der Waals surface area contributed by atoms with Gasteiger partial charge in [0.2, 0.25) is 0 Å². The highest BCUT2D eigenvalue weighted by molar-refractivity contribution is 5.97. The smallest absolute Gasteiger partial charge is 0.253 e. The summed E-state index contributed by atoms with van der Waals surface area (Å²) in [4.78, 5) is 20.1. The maximum Gasteiger partial charge on any atom is 0.253 e. The van der Waals surface area contributed by atoms with Crippen LogP contribution < -0.4 is 0 Å². The van der Waals surface area contributed by atoms with Crippen molar-refractivity contribution in [2.24, 2.45) is 5.92 Å². The molecular weight excluding hydrogens is 340 g/mol. The van der Waals surface area contributed by atoms with E-state index in [1.54, 1.807) is 0 Å². The summed E-state index contributed by atoms with van der Waals surface area (Å²) in [7, 11) is 4.05. The van der Waals surface area contributed by atoms with Gasteiger partial charge in [0.15, 0.2) is 0 Å². The molecule has 0 bridgehead atoms. The fraction of sp³-hybridized carbons (Fsp3) is 0.450. The van der Waals surface area contributed by atoms with Crippen LogP contribution in [0.4, 0.5) is 0 Å². The van der Waals surface area contributed by atoms with E-state index in [1.807, 2.05) is 60.3 Å². The lowest BCUT2D eigenvalue weighted by atomic mass is 9.96. The van der Waals surface area contributed by atoms with Gasteiger partial charge < -0.3 is 14.8 Å². The number of likely N-dealkylation sites (tertiary alicyclic amines) is 1. The number of aromatic amines is 1. The monoisotopic (exact) mass is 366 g/mol. The second kappa shape index (κ2) is 7.52. The molecule has 0 radical (unpaired) electrons. The molecule has 2 aromatic heterocycles. The molecule has 0 unspecified atom stereocenters. The Bertz CT molecular complexity index is 919. The van der Waals surface area contributed by atoms with Crippen molar-refractivity contribution in [1.82, 2.24) is 29.8 Å². The number of nitrogens with one attached hydrogen (secondary N) is 1. The van der Waals surface area contributed by atoms with Gasteiger partial charge in [0.25, 0.3) is 5.91 Å². The number of H-pyrrole nitrogens is 1. The number of carbonyl (C=O) groups excluding carboxylic acids is 1. The zero-order valence-electron chi connectivity index (χ0n) is 15.9. The maximum absolute atomic E-state index is 12.8. The first-order chi connectivity index (χ1) is 13.1. The van der Waals surface area contributed by atoms with Gasteiger partial charge in [-0.15, -0.1) is 5.10 Å². The predicted molar refractivity (Wildman–Crippen MR) is 104 cm³/mol. The molecular formula is C20H26N6O. The summed E-state index contributed by atoms with van der Waals surface area (Å²) in [6.07, 6.45) is 5.93. The van der Waals surface area contributed by atoms with E-state index in [0.29, 0.717) is 5.92 Å². The van der Waals surface area contributed by atoms with Crippen LogP contribution >= 0.6 is 0 Å². The van der Waals surface area contributed by atoms with Crippen LogP contribution in [-0.2, 0) is 13.1 Å². The number of aromatic nitrogens is 4. The molecule has 7 nitrogen and oxygen atoms in total. The van der Waals surface area contributed by atoms with Crippen LogP contribution in [0.5, 0.6) is 0 Å². The van der Waals surface area contributed by atoms with Crippen LogP contribution in [0.15, 0.2) is 36.7 Å². The molecule has 1 N–H and O–H groups in total. The second-order valence-electron chi connectivity index (χ2n) is 7.68. The SMILES string of the molecule is CN(C)Cc1cn(CC2CCN(C(=O)c3ccc4cc[nH]c4c3)CC2)nn1. The first-order valence-corrected chi connectivity index (χ1v) is 9.48. The van der Waals surface area contributed by atoms with Crippen molar-refractivity contribution in [2.45, 2.75) is 25.9 Å². The van der Waals surface area contributed by atoms with Crippen LogP contribution in [0.2, 0.25) is 0 Å². The summed E-state index contributed by atoms with van der Waals surface area (Å²) >= 11 is 0. The number of benzene rings is 1. The van der Waals surface area contributed by atoms with Crippen molar-refractivity contribution in [1.29, 1.82) is 0 Å². The zero-order valence-corrected chi connectivity index (χ0v) is 15.9. The topological polar surface area (TPSA) is 70.0 Å². The Morgan fingerprint density at radius 1 is 1.26 bits per heavy atom. The third kappa shape index (κ3) is 4.03. The summed E-state index contributed by atoms with van der Waals surface area (Å²) in [6, 6.07) is 7.89. The van der Waals surface area contributed by atoms with Crippen LogP contribution in [0.3, 0.4) is 0 Å². The highest BCUT2D eigenvalue weighted by Crippen LogP contribution is 2.22. The first-order valence-electron chi connectivity index (χ1n) is 9.48. The van der Waals surface area contributed by atoms with E-state index < -0.39 is 0 Å². The molecule has 1 fully saturated rings. The fourth-order valence-corrected chi connectivity index (χ4v) is 3.77. The minimum atomic E-state index is 0.124. The average Bonchev–Trinajstić information content (AvgIpc) is 3.30. The lowest BCUT2D eigenvalue weighted by Crippen LogP contribution is -2.39. The van der Waals surface area contributed by atoms with Crippen molar-refractivity contribution in [2.75, 3.05) is 27.2 Å². The van der Waals surface area contributed by atoms with E-state index in [0.717, 1.165) is 61.2 Å². The summed E-state index contributed by atoms with van der Waals surface area (Å²) in [5, 5.41) is 9.61. The Labute approximate surface area is 158 Å². The van der Waals surface area contributed by atoms with Gasteiger partial charge in [0.05, 0.1) is 5.69 Å². The summed E-state index contributed by atoms with van der Waals surface area (Å²) < 4.78 is 1.94. The Balaban J connectivity index is 1.33. The largest absolute Gasteiger partial charge is 0.361 e. The standard InChI is InChI=1S/C20H26N6O/c1-24(2)13-18-14-26(23-22-18)12-15-6-9-25(10-7-15)20(27)17-4-3-16-5-8-21-19(16)11-17/h3-5,8,11,14-15,21H,6-7,9-10,12-13H2,1-2H3. The van der Waals surface area contributed by atoms with Crippen molar-refractivity contribution in [3.05, 3.63) is 47.9 Å². The maximum atomic E-state index is 12.8. The number of rotatable bonds is 5. The van der Waals surface area contributed by atoms with Gasteiger partial charge in [-0.3, -0.25) is 9.48 Å². The van der Waals surface area contributed by atoms with Gasteiger partial charge in [-0.2, -0.15) is 0 Å². The van der Waals surface area contributed by atoms with E-state index in [-0.39, 0.29) is 5.91 Å². The van der Waals surface area contributed by atoms with Gasteiger partial charge in [-0.05, 0) is 56.4 Å². The zero-order chi connectivity index (χ0) is 18.8. The molecule has 0 saturated carbocycles. The predicted octanol–water partition coefficient (Wildman–Crippen LogP) is 2.37. The molecule has 27 heavy (non-hydrogen) atoms. The molecule has 1 aliphatic heterocycles. The molecule has 1 amide bonds. The highest BCUT2D eigenvalue weighted by atomic mass is 16.2. The third-order valence-corrected chi connectivity index (χ3v) is 5.21. The molecule has 142 valence electrons. The molecule has 0 atom stereocenters. The quantitative estimate of drug-likeness (QED) is 0.753. The van der Waals surface area contributed by atoms with Crippen molar-refractivity contribution < 1.29 is 4.79 Å². The highest BCUT2D eigenvalue weighted by Gasteiger charge is 2.24. The normalized spacial score (nSPS) is 15.7. The Hall–Kier alpha value is -2.67. The number of nitrogens with zero attached hydrogens (tertiary/aromatic N) is 5. The number of hydrogen-bond acceptors (Lipinski definition) is 4. The van der Waals surface area contributed by atoms with Gasteiger partial charge in [0, 0.05) is 49.7 Å². The van der Waals surface area contributed by atoms with Crippen molar-refractivity contribution in [3.63, 3.8) is 0 Å². The number of amides is 1. The summed E-state index contributed by atoms with van der Waals surface area (Å²) in [6.45, 7) is 3.27. The van der Waals surface area contributed by atoms with E-state index in [4.69, 9.17) is 0 Å².